The third kappa shape index (κ3) is 4.03. The molecule has 112 valence electrons. The number of rotatable bonds is 7. The second-order valence-electron chi connectivity index (χ2n) is 5.46. The summed E-state index contributed by atoms with van der Waals surface area (Å²) in [6, 6.07) is 0. The van der Waals surface area contributed by atoms with Crippen molar-refractivity contribution in [1.82, 2.24) is 13.6 Å². The standard InChI is InChI=1S/C15H25N3OS/c1-4-6-9-13(5-2)19-15-14(16-20-17-15)12-8-7-10-18(3)11-12/h8,13H,4-7,9-11H2,1-3H3. The van der Waals surface area contributed by atoms with E-state index >= 15 is 0 Å². The molecule has 20 heavy (non-hydrogen) atoms. The summed E-state index contributed by atoms with van der Waals surface area (Å²) in [5.41, 5.74) is 2.21. The van der Waals surface area contributed by atoms with Gasteiger partial charge in [-0.25, -0.2) is 0 Å². The molecular weight excluding hydrogens is 270 g/mol. The molecule has 0 saturated heterocycles. The minimum Gasteiger partial charge on any atom is -0.472 e. The first kappa shape index (κ1) is 15.4. The zero-order valence-corrected chi connectivity index (χ0v) is 13.6. The van der Waals surface area contributed by atoms with Crippen LogP contribution in [-0.2, 0) is 0 Å². The fraction of sp³-hybridized carbons (Fsp3) is 0.733. The predicted octanol–water partition coefficient (Wildman–Crippen LogP) is 3.60. The van der Waals surface area contributed by atoms with Gasteiger partial charge in [-0.15, -0.1) is 4.37 Å². The number of likely N-dealkylation sites (N-methyl/N-ethyl adjacent to an activating group) is 1. The van der Waals surface area contributed by atoms with E-state index in [0.29, 0.717) is 0 Å². The van der Waals surface area contributed by atoms with Gasteiger partial charge in [-0.1, -0.05) is 32.8 Å². The fourth-order valence-electron chi connectivity index (χ4n) is 2.46. The minimum atomic E-state index is 0.263. The Hall–Kier alpha value is -0.940. The van der Waals surface area contributed by atoms with Crippen LogP contribution in [0.3, 0.4) is 0 Å². The third-order valence-corrected chi connectivity index (χ3v) is 4.23. The Bertz CT molecular complexity index is 444. The highest BCUT2D eigenvalue weighted by molar-refractivity contribution is 6.99. The molecule has 4 nitrogen and oxygen atoms in total. The maximum absolute atomic E-state index is 6.10. The molecular formula is C15H25N3OS. The van der Waals surface area contributed by atoms with Crippen molar-refractivity contribution in [2.75, 3.05) is 20.1 Å². The van der Waals surface area contributed by atoms with Crippen LogP contribution in [0, 0.1) is 0 Å². The molecule has 2 heterocycles. The number of nitrogens with zero attached hydrogens (tertiary/aromatic N) is 3. The monoisotopic (exact) mass is 295 g/mol. The lowest BCUT2D eigenvalue weighted by Crippen LogP contribution is -2.25. The summed E-state index contributed by atoms with van der Waals surface area (Å²) in [5, 5.41) is 0. The molecule has 1 aromatic heterocycles. The Balaban J connectivity index is 2.06. The summed E-state index contributed by atoms with van der Waals surface area (Å²) in [5.74, 6) is 0.736. The zero-order chi connectivity index (χ0) is 14.4. The van der Waals surface area contributed by atoms with E-state index in [9.17, 15) is 0 Å². The smallest absolute Gasteiger partial charge is 0.253 e. The van der Waals surface area contributed by atoms with Crippen LogP contribution in [0.2, 0.25) is 0 Å². The first-order valence-electron chi connectivity index (χ1n) is 7.61. The highest BCUT2D eigenvalue weighted by Gasteiger charge is 2.20. The first-order valence-corrected chi connectivity index (χ1v) is 8.34. The number of aromatic nitrogens is 2. The fourth-order valence-corrected chi connectivity index (χ4v) is 2.98. The Morgan fingerprint density at radius 2 is 2.25 bits per heavy atom. The molecule has 1 aliphatic rings. The summed E-state index contributed by atoms with van der Waals surface area (Å²) in [6.07, 6.45) is 8.15. The third-order valence-electron chi connectivity index (χ3n) is 3.72. The molecule has 0 fully saturated rings. The van der Waals surface area contributed by atoms with E-state index < -0.39 is 0 Å². The van der Waals surface area contributed by atoms with Crippen LogP contribution in [0.15, 0.2) is 6.08 Å². The van der Waals surface area contributed by atoms with Crippen molar-refractivity contribution in [3.8, 4) is 5.88 Å². The maximum atomic E-state index is 6.10. The summed E-state index contributed by atoms with van der Waals surface area (Å²) in [6.45, 7) is 6.44. The van der Waals surface area contributed by atoms with Crippen molar-refractivity contribution in [2.24, 2.45) is 0 Å². The molecule has 0 N–H and O–H groups in total. The van der Waals surface area contributed by atoms with Gasteiger partial charge in [0.05, 0.1) is 11.7 Å². The summed E-state index contributed by atoms with van der Waals surface area (Å²) in [4.78, 5) is 2.31. The molecule has 2 rings (SSSR count). The van der Waals surface area contributed by atoms with Gasteiger partial charge in [-0.05, 0) is 31.9 Å². The number of hydrogen-bond donors (Lipinski definition) is 0. The molecule has 0 aliphatic carbocycles. The second kappa shape index (κ2) is 7.74. The molecule has 1 aliphatic heterocycles. The molecule has 0 amide bonds. The lowest BCUT2D eigenvalue weighted by Gasteiger charge is -2.23. The van der Waals surface area contributed by atoms with E-state index in [0.717, 1.165) is 43.9 Å². The lowest BCUT2D eigenvalue weighted by atomic mass is 10.1. The molecule has 1 atom stereocenters. The van der Waals surface area contributed by atoms with Crippen molar-refractivity contribution in [3.63, 3.8) is 0 Å². The average molecular weight is 295 g/mol. The van der Waals surface area contributed by atoms with Gasteiger partial charge in [0.25, 0.3) is 5.88 Å². The highest BCUT2D eigenvalue weighted by atomic mass is 32.1. The van der Waals surface area contributed by atoms with Gasteiger partial charge in [0.1, 0.15) is 11.8 Å². The first-order chi connectivity index (χ1) is 9.74. The van der Waals surface area contributed by atoms with Gasteiger partial charge in [0, 0.05) is 13.1 Å². The molecule has 1 unspecified atom stereocenters. The summed E-state index contributed by atoms with van der Waals surface area (Å²) in [7, 11) is 2.14. The van der Waals surface area contributed by atoms with Gasteiger partial charge < -0.3 is 9.64 Å². The summed E-state index contributed by atoms with van der Waals surface area (Å²) < 4.78 is 14.9. The Morgan fingerprint density at radius 3 is 2.95 bits per heavy atom. The van der Waals surface area contributed by atoms with E-state index in [-0.39, 0.29) is 6.10 Å². The van der Waals surface area contributed by atoms with E-state index in [1.54, 1.807) is 0 Å². The van der Waals surface area contributed by atoms with Gasteiger partial charge >= 0.3 is 0 Å². The minimum absolute atomic E-state index is 0.263. The van der Waals surface area contributed by atoms with Gasteiger partial charge in [-0.3, -0.25) is 0 Å². The molecule has 0 aromatic carbocycles. The maximum Gasteiger partial charge on any atom is 0.253 e. The lowest BCUT2D eigenvalue weighted by molar-refractivity contribution is 0.177. The number of unbranched alkanes of at least 4 members (excludes halogenated alkanes) is 1. The van der Waals surface area contributed by atoms with E-state index in [2.05, 4.69) is 40.6 Å². The van der Waals surface area contributed by atoms with E-state index in [1.165, 1.54) is 30.1 Å². The van der Waals surface area contributed by atoms with Crippen LogP contribution in [0.5, 0.6) is 5.88 Å². The van der Waals surface area contributed by atoms with Gasteiger partial charge in [0.2, 0.25) is 0 Å². The number of hydrogen-bond acceptors (Lipinski definition) is 5. The van der Waals surface area contributed by atoms with Crippen molar-refractivity contribution in [1.29, 1.82) is 0 Å². The normalized spacial score (nSPS) is 17.9. The van der Waals surface area contributed by atoms with Crippen LogP contribution in [0.1, 0.15) is 51.6 Å². The molecule has 0 bridgehead atoms. The molecule has 5 heteroatoms. The van der Waals surface area contributed by atoms with Crippen LogP contribution in [0.4, 0.5) is 0 Å². The quantitative estimate of drug-likeness (QED) is 0.770. The number of ether oxygens (including phenoxy) is 1. The van der Waals surface area contributed by atoms with Crippen molar-refractivity contribution in [3.05, 3.63) is 11.8 Å². The van der Waals surface area contributed by atoms with Crippen molar-refractivity contribution < 1.29 is 4.74 Å². The Kier molecular flexibility index (Phi) is 5.98. The van der Waals surface area contributed by atoms with Crippen LogP contribution in [-0.4, -0.2) is 39.9 Å². The SMILES string of the molecule is CCCCC(CC)Oc1nsnc1C1=CCCN(C)C1. The summed E-state index contributed by atoms with van der Waals surface area (Å²) >= 11 is 1.25. The van der Waals surface area contributed by atoms with Crippen LogP contribution >= 0.6 is 11.7 Å². The van der Waals surface area contributed by atoms with Gasteiger partial charge in [-0.2, -0.15) is 4.37 Å². The highest BCUT2D eigenvalue weighted by Crippen LogP contribution is 2.28. The van der Waals surface area contributed by atoms with Crippen LogP contribution < -0.4 is 4.74 Å². The molecule has 0 spiro atoms. The van der Waals surface area contributed by atoms with Crippen LogP contribution in [0.25, 0.3) is 5.57 Å². The molecule has 0 radical (unpaired) electrons. The second-order valence-corrected chi connectivity index (χ2v) is 5.99. The van der Waals surface area contributed by atoms with Gasteiger partial charge in [0.15, 0.2) is 0 Å². The van der Waals surface area contributed by atoms with Crippen molar-refractivity contribution in [2.45, 2.75) is 52.1 Å². The Morgan fingerprint density at radius 1 is 1.40 bits per heavy atom. The zero-order valence-electron chi connectivity index (χ0n) is 12.8. The Labute approximate surface area is 126 Å². The van der Waals surface area contributed by atoms with E-state index in [4.69, 9.17) is 4.74 Å². The molecule has 0 saturated carbocycles. The molecule has 1 aromatic rings. The van der Waals surface area contributed by atoms with E-state index in [1.807, 2.05) is 0 Å². The van der Waals surface area contributed by atoms with Crippen molar-refractivity contribution >= 4 is 17.3 Å². The largest absolute Gasteiger partial charge is 0.472 e. The average Bonchev–Trinajstić information content (AvgIpc) is 2.91. The predicted molar refractivity (Wildman–Crippen MR) is 84.2 cm³/mol. The topological polar surface area (TPSA) is 38.3 Å².